The van der Waals surface area contributed by atoms with Crippen molar-refractivity contribution in [3.8, 4) is 0 Å². The van der Waals surface area contributed by atoms with Crippen molar-refractivity contribution < 1.29 is 27.5 Å². The Hall–Kier alpha value is -1.96. The molecule has 0 aliphatic carbocycles. The number of rotatable bonds is 4. The van der Waals surface area contributed by atoms with E-state index in [2.05, 4.69) is 10.1 Å². The maximum Gasteiger partial charge on any atom is 0.340 e. The van der Waals surface area contributed by atoms with Crippen LogP contribution in [0.5, 0.6) is 0 Å². The van der Waals surface area contributed by atoms with Gasteiger partial charge in [0.25, 0.3) is 6.43 Å². The van der Waals surface area contributed by atoms with Crippen molar-refractivity contribution in [2.45, 2.75) is 6.43 Å². The molecule has 0 bridgehead atoms. The number of esters is 1. The second-order valence-corrected chi connectivity index (χ2v) is 3.94. The van der Waals surface area contributed by atoms with E-state index in [9.17, 15) is 22.8 Å². The van der Waals surface area contributed by atoms with Crippen LogP contribution in [-0.2, 0) is 4.74 Å². The van der Waals surface area contributed by atoms with E-state index in [1.54, 1.807) is 0 Å². The molecular formula is C11H10ClF3N2O3. The molecule has 0 aliphatic rings. The van der Waals surface area contributed by atoms with Gasteiger partial charge in [0.15, 0.2) is 5.82 Å². The zero-order valence-corrected chi connectivity index (χ0v) is 10.9. The molecule has 1 rings (SSSR count). The number of methoxy groups -OCH3 is 1. The van der Waals surface area contributed by atoms with Gasteiger partial charge < -0.3 is 15.4 Å². The number of ether oxygens (including phenoxy) is 1. The van der Waals surface area contributed by atoms with E-state index in [4.69, 9.17) is 11.6 Å². The summed E-state index contributed by atoms with van der Waals surface area (Å²) >= 11 is 5.56. The standard InChI is InChI=1S/C11H10ClF3N2O3/c1-20-10(18)6-2-5(3-7(12)9(6)15)17-11(19)16-4-8(13)14/h2-3,8H,4H2,1H3,(H2,16,17,19). The average Bonchev–Trinajstić information content (AvgIpc) is 2.39. The fraction of sp³-hybridized carbons (Fsp3) is 0.273. The quantitative estimate of drug-likeness (QED) is 0.840. The topological polar surface area (TPSA) is 67.4 Å². The van der Waals surface area contributed by atoms with Crippen LogP contribution in [0, 0.1) is 5.82 Å². The fourth-order valence-electron chi connectivity index (χ4n) is 1.26. The molecule has 1 aromatic rings. The molecule has 9 heteroatoms. The van der Waals surface area contributed by atoms with Crippen LogP contribution in [0.15, 0.2) is 12.1 Å². The van der Waals surface area contributed by atoms with E-state index in [0.717, 1.165) is 19.2 Å². The number of benzene rings is 1. The third-order valence-corrected chi connectivity index (χ3v) is 2.38. The van der Waals surface area contributed by atoms with Crippen LogP contribution in [0.4, 0.5) is 23.7 Å². The molecule has 0 radical (unpaired) electrons. The van der Waals surface area contributed by atoms with Crippen LogP contribution in [0.1, 0.15) is 10.4 Å². The highest BCUT2D eigenvalue weighted by molar-refractivity contribution is 6.31. The van der Waals surface area contributed by atoms with Crippen LogP contribution >= 0.6 is 11.6 Å². The van der Waals surface area contributed by atoms with Crippen LogP contribution in [0.2, 0.25) is 5.02 Å². The summed E-state index contributed by atoms with van der Waals surface area (Å²) in [5, 5.41) is 3.60. The number of hydrogen-bond donors (Lipinski definition) is 2. The van der Waals surface area contributed by atoms with Crippen LogP contribution in [0.25, 0.3) is 0 Å². The number of halogens is 4. The lowest BCUT2D eigenvalue weighted by Gasteiger charge is -2.10. The van der Waals surface area contributed by atoms with E-state index in [1.807, 2.05) is 5.32 Å². The Labute approximate surface area is 117 Å². The minimum absolute atomic E-state index is 0.0384. The van der Waals surface area contributed by atoms with Crippen molar-refractivity contribution in [1.29, 1.82) is 0 Å². The molecule has 0 aromatic heterocycles. The summed E-state index contributed by atoms with van der Waals surface area (Å²) in [6.07, 6.45) is -2.71. The third kappa shape index (κ3) is 4.30. The zero-order valence-electron chi connectivity index (χ0n) is 10.2. The van der Waals surface area contributed by atoms with Gasteiger partial charge >= 0.3 is 12.0 Å². The fourth-order valence-corrected chi connectivity index (χ4v) is 1.48. The SMILES string of the molecule is COC(=O)c1cc(NC(=O)NCC(F)F)cc(Cl)c1F. The minimum atomic E-state index is -2.71. The predicted octanol–water partition coefficient (Wildman–Crippen LogP) is 2.65. The Morgan fingerprint density at radius 1 is 1.40 bits per heavy atom. The maximum absolute atomic E-state index is 13.6. The van der Waals surface area contributed by atoms with Gasteiger partial charge in [-0.3, -0.25) is 0 Å². The van der Waals surface area contributed by atoms with Crippen molar-refractivity contribution in [2.24, 2.45) is 0 Å². The largest absolute Gasteiger partial charge is 0.465 e. The molecular weight excluding hydrogens is 301 g/mol. The van der Waals surface area contributed by atoms with Crippen LogP contribution in [-0.4, -0.2) is 32.1 Å². The third-order valence-electron chi connectivity index (χ3n) is 2.11. The first-order valence-corrected chi connectivity index (χ1v) is 5.63. The molecule has 1 aromatic carbocycles. The molecule has 0 fully saturated rings. The number of nitrogens with one attached hydrogen (secondary N) is 2. The Morgan fingerprint density at radius 2 is 2.05 bits per heavy atom. The lowest BCUT2D eigenvalue weighted by Crippen LogP contribution is -2.32. The molecule has 0 unspecified atom stereocenters. The molecule has 2 amide bonds. The molecule has 0 saturated carbocycles. The first-order chi connectivity index (χ1) is 9.35. The zero-order chi connectivity index (χ0) is 15.3. The summed E-state index contributed by atoms with van der Waals surface area (Å²) in [7, 11) is 1.05. The molecule has 20 heavy (non-hydrogen) atoms. The summed E-state index contributed by atoms with van der Waals surface area (Å²) in [5.41, 5.74) is -0.521. The first-order valence-electron chi connectivity index (χ1n) is 5.25. The van der Waals surface area contributed by atoms with Gasteiger partial charge in [-0.2, -0.15) is 0 Å². The number of urea groups is 1. The highest BCUT2D eigenvalue weighted by Crippen LogP contribution is 2.24. The number of alkyl halides is 2. The summed E-state index contributed by atoms with van der Waals surface area (Å²) in [6, 6.07) is 1.07. The molecule has 2 N–H and O–H groups in total. The number of hydrogen-bond acceptors (Lipinski definition) is 3. The Morgan fingerprint density at radius 3 is 2.60 bits per heavy atom. The van der Waals surface area contributed by atoms with E-state index in [0.29, 0.717) is 0 Å². The molecule has 0 heterocycles. The van der Waals surface area contributed by atoms with Gasteiger partial charge in [0.05, 0.1) is 24.2 Å². The van der Waals surface area contributed by atoms with Crippen LogP contribution in [0.3, 0.4) is 0 Å². The van der Waals surface area contributed by atoms with Crippen molar-refractivity contribution >= 4 is 29.3 Å². The minimum Gasteiger partial charge on any atom is -0.465 e. The molecule has 0 spiro atoms. The lowest BCUT2D eigenvalue weighted by molar-refractivity contribution is 0.0595. The average molecular weight is 311 g/mol. The normalized spacial score (nSPS) is 10.3. The maximum atomic E-state index is 13.6. The van der Waals surface area contributed by atoms with Gasteiger partial charge in [-0.15, -0.1) is 0 Å². The smallest absolute Gasteiger partial charge is 0.340 e. The van der Waals surface area contributed by atoms with Gasteiger partial charge in [0, 0.05) is 5.69 Å². The van der Waals surface area contributed by atoms with Crippen LogP contribution < -0.4 is 10.6 Å². The molecule has 0 aliphatic heterocycles. The van der Waals surface area contributed by atoms with Gasteiger partial charge in [0.2, 0.25) is 0 Å². The highest BCUT2D eigenvalue weighted by atomic mass is 35.5. The Bertz CT molecular complexity index is 526. The second-order valence-electron chi connectivity index (χ2n) is 3.54. The Balaban J connectivity index is 2.89. The number of carbonyl (C=O) groups is 2. The predicted molar refractivity (Wildman–Crippen MR) is 65.8 cm³/mol. The van der Waals surface area contributed by atoms with Crippen molar-refractivity contribution in [3.63, 3.8) is 0 Å². The highest BCUT2D eigenvalue weighted by Gasteiger charge is 2.17. The monoisotopic (exact) mass is 310 g/mol. The second kappa shape index (κ2) is 6.99. The summed E-state index contributed by atoms with van der Waals surface area (Å²) < 4.78 is 41.7. The van der Waals surface area contributed by atoms with Gasteiger partial charge in [-0.05, 0) is 12.1 Å². The lowest BCUT2D eigenvalue weighted by atomic mass is 10.2. The van der Waals surface area contributed by atoms with Gasteiger partial charge in [-0.25, -0.2) is 22.8 Å². The number of anilines is 1. The Kier molecular flexibility index (Phi) is 5.63. The van der Waals surface area contributed by atoms with Gasteiger partial charge in [-0.1, -0.05) is 11.6 Å². The summed E-state index contributed by atoms with van der Waals surface area (Å²) in [5.74, 6) is -1.99. The number of carbonyl (C=O) groups excluding carboxylic acids is 2. The number of amides is 2. The van der Waals surface area contributed by atoms with Crippen molar-refractivity contribution in [3.05, 3.63) is 28.5 Å². The van der Waals surface area contributed by atoms with E-state index < -0.39 is 41.4 Å². The molecule has 0 saturated heterocycles. The molecule has 0 atom stereocenters. The summed E-state index contributed by atoms with van der Waals surface area (Å²) in [4.78, 5) is 22.5. The van der Waals surface area contributed by atoms with Crippen molar-refractivity contribution in [2.75, 3.05) is 19.0 Å². The van der Waals surface area contributed by atoms with Crippen molar-refractivity contribution in [1.82, 2.24) is 5.32 Å². The van der Waals surface area contributed by atoms with E-state index in [1.165, 1.54) is 0 Å². The van der Waals surface area contributed by atoms with E-state index >= 15 is 0 Å². The van der Waals surface area contributed by atoms with E-state index in [-0.39, 0.29) is 5.69 Å². The molecule has 110 valence electrons. The summed E-state index contributed by atoms with van der Waals surface area (Å²) in [6.45, 7) is -0.843. The molecule has 5 nitrogen and oxygen atoms in total. The first kappa shape index (κ1) is 16.1. The van der Waals surface area contributed by atoms with Gasteiger partial charge in [0.1, 0.15) is 0 Å².